The van der Waals surface area contributed by atoms with Crippen LogP contribution in [0.15, 0.2) is 72.0 Å². The van der Waals surface area contributed by atoms with E-state index in [1.54, 1.807) is 30.3 Å². The van der Waals surface area contributed by atoms with Gasteiger partial charge in [0.15, 0.2) is 0 Å². The topological polar surface area (TPSA) is 93.7 Å². The van der Waals surface area contributed by atoms with Gasteiger partial charge in [-0.25, -0.2) is 0 Å². The molecule has 0 unspecified atom stereocenters. The summed E-state index contributed by atoms with van der Waals surface area (Å²) in [5.41, 5.74) is 3.76. The van der Waals surface area contributed by atoms with Crippen molar-refractivity contribution in [1.29, 1.82) is 0 Å². The minimum atomic E-state index is -0.467. The van der Waals surface area contributed by atoms with Crippen LogP contribution in [-0.2, 0) is 4.74 Å². The zero-order valence-electron chi connectivity index (χ0n) is 21.6. The largest absolute Gasteiger partial charge is 0.378 e. The quantitative estimate of drug-likeness (QED) is 0.258. The highest BCUT2D eigenvalue weighted by atomic mass is 16.6. The van der Waals surface area contributed by atoms with Crippen molar-refractivity contribution in [2.45, 2.75) is 12.8 Å². The molecule has 1 aromatic heterocycles. The van der Waals surface area contributed by atoms with Gasteiger partial charge in [0.1, 0.15) is 5.69 Å². The molecular weight excluding hydrogens is 494 g/mol. The Morgan fingerprint density at radius 1 is 0.897 bits per heavy atom. The number of morpholine rings is 1. The summed E-state index contributed by atoms with van der Waals surface area (Å²) in [6, 6.07) is 18.3. The summed E-state index contributed by atoms with van der Waals surface area (Å²) in [6.45, 7) is 8.41. The zero-order chi connectivity index (χ0) is 26.9. The lowest BCUT2D eigenvalue weighted by Crippen LogP contribution is -2.36. The third-order valence-corrected chi connectivity index (χ3v) is 7.49. The fraction of sp³-hybridized carbons (Fsp3) is 0.267. The fourth-order valence-electron chi connectivity index (χ4n) is 5.47. The smallest absolute Gasteiger partial charge is 0.295 e. The molecule has 2 aliphatic rings. The highest BCUT2D eigenvalue weighted by Gasteiger charge is 2.24. The van der Waals surface area contributed by atoms with Gasteiger partial charge in [-0.3, -0.25) is 14.9 Å². The van der Waals surface area contributed by atoms with Crippen LogP contribution in [0.25, 0.3) is 33.8 Å². The number of aromatic nitrogens is 2. The molecule has 6 rings (SSSR count). The van der Waals surface area contributed by atoms with E-state index < -0.39 is 10.5 Å². The molecule has 0 saturated carbocycles. The second-order valence-corrected chi connectivity index (χ2v) is 9.85. The SMILES string of the molecule is C=Cc1cc(-c2nn(-c3cc(N4CCOCC4)ccc3[N+](=O)[O-])c(=O)c3ccccc23)cc(N2CCCC2)c1. The Balaban J connectivity index is 1.59. The molecule has 0 amide bonds. The van der Waals surface area contributed by atoms with Crippen molar-refractivity contribution >= 4 is 33.9 Å². The first-order chi connectivity index (χ1) is 19.0. The number of ether oxygens (including phenoxy) is 1. The normalized spacial score (nSPS) is 15.6. The number of nitro benzene ring substituents is 1. The molecule has 0 N–H and O–H groups in total. The molecule has 0 atom stereocenters. The van der Waals surface area contributed by atoms with E-state index in [1.807, 2.05) is 18.2 Å². The number of nitro groups is 1. The third kappa shape index (κ3) is 4.66. The minimum Gasteiger partial charge on any atom is -0.378 e. The molecule has 2 fully saturated rings. The molecule has 9 heteroatoms. The van der Waals surface area contributed by atoms with Gasteiger partial charge in [-0.1, -0.05) is 30.9 Å². The van der Waals surface area contributed by atoms with Gasteiger partial charge in [0, 0.05) is 54.6 Å². The van der Waals surface area contributed by atoms with Crippen LogP contribution in [0.2, 0.25) is 0 Å². The molecule has 9 nitrogen and oxygen atoms in total. The van der Waals surface area contributed by atoms with Crippen molar-refractivity contribution in [2.75, 3.05) is 49.2 Å². The van der Waals surface area contributed by atoms with E-state index in [0.29, 0.717) is 42.8 Å². The van der Waals surface area contributed by atoms with Crippen molar-refractivity contribution in [3.8, 4) is 16.9 Å². The number of benzene rings is 3. The molecule has 0 radical (unpaired) electrons. The van der Waals surface area contributed by atoms with Crippen LogP contribution in [-0.4, -0.2) is 54.1 Å². The number of hydrogen-bond donors (Lipinski definition) is 0. The summed E-state index contributed by atoms with van der Waals surface area (Å²) in [5, 5.41) is 18.1. The molecule has 0 aliphatic carbocycles. The van der Waals surface area contributed by atoms with Gasteiger partial charge in [-0.15, -0.1) is 0 Å². The molecule has 39 heavy (non-hydrogen) atoms. The average molecular weight is 524 g/mol. The molecular formula is C30H29N5O4. The maximum absolute atomic E-state index is 13.8. The Hall–Kier alpha value is -4.50. The summed E-state index contributed by atoms with van der Waals surface area (Å²) < 4.78 is 6.66. The van der Waals surface area contributed by atoms with Crippen LogP contribution in [0.5, 0.6) is 0 Å². The lowest BCUT2D eigenvalue weighted by Gasteiger charge is -2.29. The number of hydrogen-bond acceptors (Lipinski definition) is 7. The lowest BCUT2D eigenvalue weighted by atomic mass is 10.0. The van der Waals surface area contributed by atoms with Gasteiger partial charge >= 0.3 is 0 Å². The Morgan fingerprint density at radius 2 is 1.62 bits per heavy atom. The van der Waals surface area contributed by atoms with E-state index in [9.17, 15) is 14.9 Å². The lowest BCUT2D eigenvalue weighted by molar-refractivity contribution is -0.384. The van der Waals surface area contributed by atoms with E-state index >= 15 is 0 Å². The van der Waals surface area contributed by atoms with Crippen molar-refractivity contribution in [3.05, 3.63) is 93.3 Å². The molecule has 0 spiro atoms. The predicted octanol–water partition coefficient (Wildman–Crippen LogP) is 5.04. The van der Waals surface area contributed by atoms with E-state index in [-0.39, 0.29) is 11.4 Å². The first kappa shape index (κ1) is 24.8. The summed E-state index contributed by atoms with van der Waals surface area (Å²) >= 11 is 0. The van der Waals surface area contributed by atoms with Crippen LogP contribution in [0.4, 0.5) is 17.1 Å². The highest BCUT2D eigenvalue weighted by Crippen LogP contribution is 2.33. The van der Waals surface area contributed by atoms with Crippen molar-refractivity contribution in [3.63, 3.8) is 0 Å². The van der Waals surface area contributed by atoms with Crippen molar-refractivity contribution in [1.82, 2.24) is 9.78 Å². The first-order valence-corrected chi connectivity index (χ1v) is 13.2. The van der Waals surface area contributed by atoms with Crippen LogP contribution < -0.4 is 15.4 Å². The van der Waals surface area contributed by atoms with E-state index in [0.717, 1.165) is 48.4 Å². The summed E-state index contributed by atoms with van der Waals surface area (Å²) in [7, 11) is 0. The van der Waals surface area contributed by atoms with E-state index in [1.165, 1.54) is 10.7 Å². The van der Waals surface area contributed by atoms with Crippen LogP contribution in [0.3, 0.4) is 0 Å². The number of nitrogens with zero attached hydrogens (tertiary/aromatic N) is 5. The second-order valence-electron chi connectivity index (χ2n) is 9.85. The summed E-state index contributed by atoms with van der Waals surface area (Å²) in [4.78, 5) is 29.9. The summed E-state index contributed by atoms with van der Waals surface area (Å²) in [5.74, 6) is 0. The van der Waals surface area contributed by atoms with Gasteiger partial charge in [-0.2, -0.15) is 9.78 Å². The number of fused-ring (bicyclic) bond motifs is 1. The molecule has 2 aliphatic heterocycles. The third-order valence-electron chi connectivity index (χ3n) is 7.49. The maximum atomic E-state index is 13.8. The fourth-order valence-corrected chi connectivity index (χ4v) is 5.47. The standard InChI is InChI=1S/C30H29N5O4/c1-2-21-17-22(19-24(18-21)32-11-5-6-12-32)29-25-7-3-4-8-26(25)30(36)34(31-29)28-20-23(9-10-27(28)35(37)38)33-13-15-39-16-14-33/h2-4,7-10,17-20H,1,5-6,11-16H2. The monoisotopic (exact) mass is 523 g/mol. The molecule has 2 saturated heterocycles. The Labute approximate surface area is 225 Å². The van der Waals surface area contributed by atoms with E-state index in [2.05, 4.69) is 28.5 Å². The van der Waals surface area contributed by atoms with Gasteiger partial charge in [0.2, 0.25) is 0 Å². The average Bonchev–Trinajstić information content (AvgIpc) is 3.53. The minimum absolute atomic E-state index is 0.139. The van der Waals surface area contributed by atoms with Crippen molar-refractivity contribution in [2.24, 2.45) is 0 Å². The van der Waals surface area contributed by atoms with Gasteiger partial charge in [0.25, 0.3) is 11.2 Å². The van der Waals surface area contributed by atoms with Gasteiger partial charge < -0.3 is 14.5 Å². The Morgan fingerprint density at radius 3 is 2.33 bits per heavy atom. The Bertz CT molecular complexity index is 1630. The Kier molecular flexibility index (Phi) is 6.58. The van der Waals surface area contributed by atoms with Crippen LogP contribution >= 0.6 is 0 Å². The summed E-state index contributed by atoms with van der Waals surface area (Å²) in [6.07, 6.45) is 4.09. The first-order valence-electron chi connectivity index (χ1n) is 13.2. The predicted molar refractivity (Wildman–Crippen MR) is 154 cm³/mol. The van der Waals surface area contributed by atoms with Crippen LogP contribution in [0.1, 0.15) is 18.4 Å². The highest BCUT2D eigenvalue weighted by molar-refractivity contribution is 5.95. The molecule has 0 bridgehead atoms. The zero-order valence-corrected chi connectivity index (χ0v) is 21.6. The van der Waals surface area contributed by atoms with Gasteiger partial charge in [-0.05, 0) is 54.8 Å². The van der Waals surface area contributed by atoms with E-state index in [4.69, 9.17) is 9.84 Å². The molecule has 3 aromatic carbocycles. The maximum Gasteiger partial charge on any atom is 0.295 e. The second kappa shape index (κ2) is 10.3. The molecule has 198 valence electrons. The molecule has 3 heterocycles. The number of anilines is 2. The number of rotatable bonds is 6. The molecule has 4 aromatic rings. The van der Waals surface area contributed by atoms with Crippen molar-refractivity contribution < 1.29 is 9.66 Å². The van der Waals surface area contributed by atoms with Gasteiger partial charge in [0.05, 0.1) is 29.2 Å². The van der Waals surface area contributed by atoms with Crippen LogP contribution in [0, 0.1) is 10.1 Å².